The van der Waals surface area contributed by atoms with E-state index in [9.17, 15) is 4.79 Å². The van der Waals surface area contributed by atoms with Crippen molar-refractivity contribution in [2.45, 2.75) is 26.9 Å². The molecule has 2 rings (SSSR count). The zero-order valence-corrected chi connectivity index (χ0v) is 12.5. The molecule has 0 aliphatic carbocycles. The molecule has 1 aromatic carbocycles. The van der Waals surface area contributed by atoms with Crippen LogP contribution in [-0.2, 0) is 0 Å². The summed E-state index contributed by atoms with van der Waals surface area (Å²) in [6, 6.07) is 5.56. The van der Waals surface area contributed by atoms with E-state index in [4.69, 9.17) is 4.74 Å². The fraction of sp³-hybridized carbons (Fsp3) is 0.500. The molecule has 0 unspecified atom stereocenters. The first-order chi connectivity index (χ1) is 8.47. The number of carbonyl (C=O) groups is 1. The topological polar surface area (TPSA) is 29.5 Å². The van der Waals surface area contributed by atoms with Crippen molar-refractivity contribution in [2.24, 2.45) is 5.92 Å². The van der Waals surface area contributed by atoms with Gasteiger partial charge in [-0.05, 0) is 53.9 Å². The van der Waals surface area contributed by atoms with Crippen molar-refractivity contribution < 1.29 is 9.53 Å². The van der Waals surface area contributed by atoms with Gasteiger partial charge in [-0.2, -0.15) is 0 Å². The Morgan fingerprint density at radius 2 is 2.11 bits per heavy atom. The summed E-state index contributed by atoms with van der Waals surface area (Å²) in [7, 11) is 0. The molecular weight excluding hydrogens is 294 g/mol. The van der Waals surface area contributed by atoms with Crippen LogP contribution in [0.25, 0.3) is 0 Å². The Morgan fingerprint density at radius 1 is 1.44 bits per heavy atom. The van der Waals surface area contributed by atoms with Crippen LogP contribution in [-0.4, -0.2) is 30.0 Å². The van der Waals surface area contributed by atoms with E-state index in [-0.39, 0.29) is 12.0 Å². The van der Waals surface area contributed by atoms with Gasteiger partial charge in [-0.1, -0.05) is 6.92 Å². The molecule has 1 aromatic rings. The lowest BCUT2D eigenvalue weighted by Crippen LogP contribution is -2.48. The van der Waals surface area contributed by atoms with Crippen molar-refractivity contribution in [3.05, 3.63) is 28.2 Å². The first-order valence-corrected chi connectivity index (χ1v) is 7.02. The fourth-order valence-electron chi connectivity index (χ4n) is 2.05. The molecule has 1 fully saturated rings. The Hall–Kier alpha value is -1.03. The maximum atomic E-state index is 12.3. The highest BCUT2D eigenvalue weighted by atomic mass is 79.9. The number of ether oxygens (including phenoxy) is 1. The SMILES string of the molecule is CC1CN(C(=O)c2cc(OC(C)C)ccc2Br)C1. The second kappa shape index (κ2) is 5.31. The van der Waals surface area contributed by atoms with Gasteiger partial charge in [0.1, 0.15) is 5.75 Å². The van der Waals surface area contributed by atoms with Crippen LogP contribution in [0.15, 0.2) is 22.7 Å². The number of likely N-dealkylation sites (tertiary alicyclic amines) is 1. The molecule has 1 aliphatic heterocycles. The van der Waals surface area contributed by atoms with Crippen LogP contribution in [0, 0.1) is 5.92 Å². The van der Waals surface area contributed by atoms with Crippen molar-refractivity contribution in [1.29, 1.82) is 0 Å². The zero-order chi connectivity index (χ0) is 13.3. The van der Waals surface area contributed by atoms with Gasteiger partial charge < -0.3 is 9.64 Å². The largest absolute Gasteiger partial charge is 0.491 e. The molecule has 1 saturated heterocycles. The molecule has 0 atom stereocenters. The predicted molar refractivity (Wildman–Crippen MR) is 75.0 cm³/mol. The summed E-state index contributed by atoms with van der Waals surface area (Å²) in [6.45, 7) is 7.79. The van der Waals surface area contributed by atoms with E-state index in [1.165, 1.54) is 0 Å². The highest BCUT2D eigenvalue weighted by molar-refractivity contribution is 9.10. The molecule has 0 saturated carbocycles. The molecule has 3 nitrogen and oxygen atoms in total. The molecular formula is C14H18BrNO2. The van der Waals surface area contributed by atoms with Gasteiger partial charge >= 0.3 is 0 Å². The Morgan fingerprint density at radius 3 is 2.67 bits per heavy atom. The van der Waals surface area contributed by atoms with Gasteiger partial charge in [-0.15, -0.1) is 0 Å². The van der Waals surface area contributed by atoms with Crippen LogP contribution in [0.2, 0.25) is 0 Å². The van der Waals surface area contributed by atoms with Crippen molar-refractivity contribution in [2.75, 3.05) is 13.1 Å². The summed E-state index contributed by atoms with van der Waals surface area (Å²) in [5.41, 5.74) is 0.681. The van der Waals surface area contributed by atoms with E-state index in [0.717, 1.165) is 23.3 Å². The molecule has 18 heavy (non-hydrogen) atoms. The smallest absolute Gasteiger partial charge is 0.255 e. The number of benzene rings is 1. The lowest BCUT2D eigenvalue weighted by atomic mass is 10.0. The number of amides is 1. The van der Waals surface area contributed by atoms with Gasteiger partial charge in [0.2, 0.25) is 0 Å². The van der Waals surface area contributed by atoms with E-state index in [1.54, 1.807) is 0 Å². The Kier molecular flexibility index (Phi) is 3.95. The first kappa shape index (κ1) is 13.4. The third-order valence-electron chi connectivity index (χ3n) is 2.89. The van der Waals surface area contributed by atoms with E-state index >= 15 is 0 Å². The summed E-state index contributed by atoms with van der Waals surface area (Å²) in [6.07, 6.45) is 0.109. The molecule has 0 aromatic heterocycles. The van der Waals surface area contributed by atoms with Crippen LogP contribution in [0.3, 0.4) is 0 Å². The average Bonchev–Trinajstić information content (AvgIpc) is 2.26. The van der Waals surface area contributed by atoms with Crippen LogP contribution in [0.4, 0.5) is 0 Å². The first-order valence-electron chi connectivity index (χ1n) is 6.23. The van der Waals surface area contributed by atoms with Crippen LogP contribution < -0.4 is 4.74 Å². The molecule has 0 bridgehead atoms. The van der Waals surface area contributed by atoms with Crippen LogP contribution >= 0.6 is 15.9 Å². The number of nitrogens with zero attached hydrogens (tertiary/aromatic N) is 1. The monoisotopic (exact) mass is 311 g/mol. The highest BCUT2D eigenvalue weighted by Gasteiger charge is 2.29. The fourth-order valence-corrected chi connectivity index (χ4v) is 2.47. The zero-order valence-electron chi connectivity index (χ0n) is 10.9. The van der Waals surface area contributed by atoms with Gasteiger partial charge in [0.05, 0.1) is 11.7 Å². The second-order valence-corrected chi connectivity index (χ2v) is 5.98. The minimum Gasteiger partial charge on any atom is -0.491 e. The number of halogens is 1. The third-order valence-corrected chi connectivity index (χ3v) is 3.58. The van der Waals surface area contributed by atoms with Gasteiger partial charge in [0.15, 0.2) is 0 Å². The molecule has 4 heteroatoms. The second-order valence-electron chi connectivity index (χ2n) is 5.12. The van der Waals surface area contributed by atoms with Gasteiger partial charge in [0.25, 0.3) is 5.91 Å². The summed E-state index contributed by atoms with van der Waals surface area (Å²) in [5.74, 6) is 1.43. The van der Waals surface area contributed by atoms with Crippen molar-refractivity contribution in [3.63, 3.8) is 0 Å². The minimum atomic E-state index is 0.0779. The Balaban J connectivity index is 2.18. The number of hydrogen-bond acceptors (Lipinski definition) is 2. The molecule has 1 amide bonds. The predicted octanol–water partition coefficient (Wildman–Crippen LogP) is 3.33. The lowest BCUT2D eigenvalue weighted by molar-refractivity contribution is 0.0529. The Labute approximate surface area is 116 Å². The summed E-state index contributed by atoms with van der Waals surface area (Å²) in [4.78, 5) is 14.1. The highest BCUT2D eigenvalue weighted by Crippen LogP contribution is 2.27. The third kappa shape index (κ3) is 2.86. The quantitative estimate of drug-likeness (QED) is 0.857. The minimum absolute atomic E-state index is 0.0779. The van der Waals surface area contributed by atoms with Crippen molar-refractivity contribution in [3.8, 4) is 5.75 Å². The number of carbonyl (C=O) groups excluding carboxylic acids is 1. The van der Waals surface area contributed by atoms with E-state index in [0.29, 0.717) is 11.5 Å². The summed E-state index contributed by atoms with van der Waals surface area (Å²) >= 11 is 3.43. The standard InChI is InChI=1S/C14H18BrNO2/c1-9(2)18-11-4-5-13(15)12(6-11)14(17)16-7-10(3)8-16/h4-6,9-10H,7-8H2,1-3H3. The Bertz CT molecular complexity index is 453. The van der Waals surface area contributed by atoms with Crippen molar-refractivity contribution in [1.82, 2.24) is 4.90 Å². The van der Waals surface area contributed by atoms with Gasteiger partial charge in [0, 0.05) is 17.6 Å². The molecule has 98 valence electrons. The van der Waals surface area contributed by atoms with E-state index < -0.39 is 0 Å². The maximum absolute atomic E-state index is 12.3. The maximum Gasteiger partial charge on any atom is 0.255 e. The summed E-state index contributed by atoms with van der Waals surface area (Å²) < 4.78 is 6.44. The molecule has 1 aliphatic rings. The number of hydrogen-bond donors (Lipinski definition) is 0. The normalized spacial score (nSPS) is 15.7. The molecule has 1 heterocycles. The average molecular weight is 312 g/mol. The van der Waals surface area contributed by atoms with Crippen molar-refractivity contribution >= 4 is 21.8 Å². The van der Waals surface area contributed by atoms with Crippen LogP contribution in [0.5, 0.6) is 5.75 Å². The molecule has 0 N–H and O–H groups in total. The van der Waals surface area contributed by atoms with Gasteiger partial charge in [-0.25, -0.2) is 0 Å². The number of rotatable bonds is 3. The van der Waals surface area contributed by atoms with Gasteiger partial charge in [-0.3, -0.25) is 4.79 Å². The summed E-state index contributed by atoms with van der Waals surface area (Å²) in [5, 5.41) is 0. The lowest BCUT2D eigenvalue weighted by Gasteiger charge is -2.37. The molecule has 0 spiro atoms. The van der Waals surface area contributed by atoms with E-state index in [1.807, 2.05) is 36.9 Å². The van der Waals surface area contributed by atoms with Crippen LogP contribution in [0.1, 0.15) is 31.1 Å². The molecule has 0 radical (unpaired) electrons. The van der Waals surface area contributed by atoms with E-state index in [2.05, 4.69) is 22.9 Å².